The predicted octanol–water partition coefficient (Wildman–Crippen LogP) is 4.61. The maximum atomic E-state index is 11.2. The highest BCUT2D eigenvalue weighted by Crippen LogP contribution is 2.29. The Labute approximate surface area is 127 Å². The van der Waals surface area contributed by atoms with Gasteiger partial charge in [-0.1, -0.05) is 33.6 Å². The Morgan fingerprint density at radius 2 is 1.80 bits per heavy atom. The third-order valence-electron chi connectivity index (χ3n) is 3.10. The zero-order valence-electron chi connectivity index (χ0n) is 11.4. The fourth-order valence-electron chi connectivity index (χ4n) is 2.09. The highest BCUT2D eigenvalue weighted by atomic mass is 79.9. The van der Waals surface area contributed by atoms with Crippen molar-refractivity contribution in [1.82, 2.24) is 0 Å². The molecular formula is C16H16BrNO2. The van der Waals surface area contributed by atoms with Gasteiger partial charge < -0.3 is 10.0 Å². The van der Waals surface area contributed by atoms with Crippen LogP contribution in [0.25, 0.3) is 0 Å². The fraction of sp³-hybridized carbons (Fsp3) is 0.188. The molecule has 0 atom stereocenters. The number of carbonyl (C=O) groups is 1. The minimum Gasteiger partial charge on any atom is -0.478 e. The van der Waals surface area contributed by atoms with Crippen molar-refractivity contribution in [2.24, 2.45) is 0 Å². The molecule has 0 saturated heterocycles. The molecule has 0 unspecified atom stereocenters. The van der Waals surface area contributed by atoms with E-state index in [9.17, 15) is 4.79 Å². The molecule has 3 nitrogen and oxygen atoms in total. The van der Waals surface area contributed by atoms with Crippen LogP contribution < -0.4 is 4.90 Å². The number of carboxylic acid groups (broad SMARTS) is 1. The summed E-state index contributed by atoms with van der Waals surface area (Å²) in [4.78, 5) is 13.2. The van der Waals surface area contributed by atoms with E-state index in [1.807, 2.05) is 44.2 Å². The van der Waals surface area contributed by atoms with Gasteiger partial charge in [-0.15, -0.1) is 0 Å². The van der Waals surface area contributed by atoms with E-state index in [4.69, 9.17) is 5.11 Å². The van der Waals surface area contributed by atoms with E-state index in [1.165, 1.54) is 5.56 Å². The molecule has 2 rings (SSSR count). The zero-order chi connectivity index (χ0) is 14.7. The Morgan fingerprint density at radius 1 is 1.15 bits per heavy atom. The maximum Gasteiger partial charge on any atom is 0.335 e. The molecule has 0 aliphatic rings. The first-order valence-electron chi connectivity index (χ1n) is 6.39. The van der Waals surface area contributed by atoms with Gasteiger partial charge >= 0.3 is 5.97 Å². The van der Waals surface area contributed by atoms with Gasteiger partial charge in [-0.3, -0.25) is 0 Å². The van der Waals surface area contributed by atoms with E-state index < -0.39 is 5.97 Å². The summed E-state index contributed by atoms with van der Waals surface area (Å²) >= 11 is 3.37. The highest BCUT2D eigenvalue weighted by Gasteiger charge is 2.12. The van der Waals surface area contributed by atoms with E-state index >= 15 is 0 Å². The third-order valence-corrected chi connectivity index (χ3v) is 3.56. The lowest BCUT2D eigenvalue weighted by molar-refractivity contribution is 0.0697. The van der Waals surface area contributed by atoms with Crippen LogP contribution in [0.15, 0.2) is 46.9 Å². The second-order valence-corrected chi connectivity index (χ2v) is 5.50. The normalized spacial score (nSPS) is 10.3. The van der Waals surface area contributed by atoms with Crippen LogP contribution in [-0.2, 0) is 0 Å². The van der Waals surface area contributed by atoms with Crippen molar-refractivity contribution in [2.45, 2.75) is 13.8 Å². The Hall–Kier alpha value is -1.81. The van der Waals surface area contributed by atoms with E-state index in [2.05, 4.69) is 20.8 Å². The molecule has 0 amide bonds. The van der Waals surface area contributed by atoms with Crippen LogP contribution >= 0.6 is 15.9 Å². The second-order valence-electron chi connectivity index (χ2n) is 4.58. The monoisotopic (exact) mass is 333 g/mol. The molecule has 0 aliphatic carbocycles. The molecule has 2 aromatic rings. The lowest BCUT2D eigenvalue weighted by atomic mass is 10.1. The number of aryl methyl sites for hydroxylation is 1. The minimum absolute atomic E-state index is 0.278. The average molecular weight is 334 g/mol. The number of aromatic carboxylic acids is 1. The maximum absolute atomic E-state index is 11.2. The van der Waals surface area contributed by atoms with E-state index in [0.29, 0.717) is 0 Å². The van der Waals surface area contributed by atoms with Gasteiger partial charge in [0.15, 0.2) is 0 Å². The van der Waals surface area contributed by atoms with Crippen molar-refractivity contribution < 1.29 is 9.90 Å². The van der Waals surface area contributed by atoms with Crippen molar-refractivity contribution in [3.63, 3.8) is 0 Å². The summed E-state index contributed by atoms with van der Waals surface area (Å²) in [6, 6.07) is 13.4. The molecular weight excluding hydrogens is 318 g/mol. The van der Waals surface area contributed by atoms with Gasteiger partial charge in [0.2, 0.25) is 0 Å². The summed E-state index contributed by atoms with van der Waals surface area (Å²) in [5.74, 6) is -0.924. The standard InChI is InChI=1S/C16H16BrNO2/c1-3-18(14-6-4-11(2)5-7-14)15-9-12(16(19)20)8-13(17)10-15/h4-10H,3H2,1-2H3,(H,19,20). The Balaban J connectivity index is 2.46. The first kappa shape index (κ1) is 14.6. The summed E-state index contributed by atoms with van der Waals surface area (Å²) in [5, 5.41) is 9.16. The van der Waals surface area contributed by atoms with Gasteiger partial charge in [0, 0.05) is 22.4 Å². The average Bonchev–Trinajstić information content (AvgIpc) is 2.41. The number of hydrogen-bond acceptors (Lipinski definition) is 2. The van der Waals surface area contributed by atoms with Crippen molar-refractivity contribution in [3.8, 4) is 0 Å². The zero-order valence-corrected chi connectivity index (χ0v) is 13.0. The lowest BCUT2D eigenvalue weighted by Crippen LogP contribution is -2.16. The first-order valence-corrected chi connectivity index (χ1v) is 7.18. The molecule has 0 aliphatic heterocycles. The van der Waals surface area contributed by atoms with Gasteiger partial charge in [0.25, 0.3) is 0 Å². The number of rotatable bonds is 4. The molecule has 0 heterocycles. The number of hydrogen-bond donors (Lipinski definition) is 1. The summed E-state index contributed by atoms with van der Waals surface area (Å²) in [5.41, 5.74) is 3.39. The lowest BCUT2D eigenvalue weighted by Gasteiger charge is -2.24. The number of carboxylic acids is 1. The largest absolute Gasteiger partial charge is 0.478 e. The van der Waals surface area contributed by atoms with Gasteiger partial charge in [-0.25, -0.2) is 4.79 Å². The van der Waals surface area contributed by atoms with Crippen LogP contribution in [0.1, 0.15) is 22.8 Å². The molecule has 0 radical (unpaired) electrons. The van der Waals surface area contributed by atoms with Crippen LogP contribution in [0.5, 0.6) is 0 Å². The van der Waals surface area contributed by atoms with Crippen LogP contribution in [-0.4, -0.2) is 17.6 Å². The number of halogens is 1. The molecule has 1 N–H and O–H groups in total. The number of anilines is 2. The summed E-state index contributed by atoms with van der Waals surface area (Å²) in [6.07, 6.45) is 0. The Kier molecular flexibility index (Phi) is 4.45. The topological polar surface area (TPSA) is 40.5 Å². The van der Waals surface area contributed by atoms with E-state index in [-0.39, 0.29) is 5.56 Å². The second kappa shape index (κ2) is 6.09. The Morgan fingerprint density at radius 3 is 2.35 bits per heavy atom. The smallest absolute Gasteiger partial charge is 0.335 e. The molecule has 4 heteroatoms. The van der Waals surface area contributed by atoms with Gasteiger partial charge in [-0.2, -0.15) is 0 Å². The number of benzene rings is 2. The van der Waals surface area contributed by atoms with Crippen molar-refractivity contribution in [3.05, 3.63) is 58.1 Å². The van der Waals surface area contributed by atoms with Gasteiger partial charge in [0.1, 0.15) is 0 Å². The molecule has 0 saturated carbocycles. The quantitative estimate of drug-likeness (QED) is 0.887. The van der Waals surface area contributed by atoms with Crippen molar-refractivity contribution in [1.29, 1.82) is 0 Å². The SMILES string of the molecule is CCN(c1ccc(C)cc1)c1cc(Br)cc(C(=O)O)c1. The molecule has 0 aromatic heterocycles. The molecule has 0 fully saturated rings. The van der Waals surface area contributed by atoms with Crippen LogP contribution in [0.4, 0.5) is 11.4 Å². The number of nitrogens with zero attached hydrogens (tertiary/aromatic N) is 1. The van der Waals surface area contributed by atoms with Gasteiger partial charge in [0.05, 0.1) is 5.56 Å². The van der Waals surface area contributed by atoms with Crippen molar-refractivity contribution >= 4 is 33.3 Å². The minimum atomic E-state index is -0.924. The van der Waals surface area contributed by atoms with E-state index in [1.54, 1.807) is 12.1 Å². The van der Waals surface area contributed by atoms with Crippen LogP contribution in [0.2, 0.25) is 0 Å². The molecule has 0 spiro atoms. The summed E-state index contributed by atoms with van der Waals surface area (Å²) < 4.78 is 0.762. The Bertz CT molecular complexity index is 623. The van der Waals surface area contributed by atoms with Gasteiger partial charge in [-0.05, 0) is 44.2 Å². The van der Waals surface area contributed by atoms with Crippen LogP contribution in [0.3, 0.4) is 0 Å². The molecule has 20 heavy (non-hydrogen) atoms. The third kappa shape index (κ3) is 3.20. The fourth-order valence-corrected chi connectivity index (χ4v) is 2.57. The van der Waals surface area contributed by atoms with Crippen LogP contribution in [0, 0.1) is 6.92 Å². The summed E-state index contributed by atoms with van der Waals surface area (Å²) in [7, 11) is 0. The van der Waals surface area contributed by atoms with E-state index in [0.717, 1.165) is 22.4 Å². The molecule has 2 aromatic carbocycles. The predicted molar refractivity (Wildman–Crippen MR) is 85.0 cm³/mol. The molecule has 0 bridgehead atoms. The van der Waals surface area contributed by atoms with Crippen molar-refractivity contribution in [2.75, 3.05) is 11.4 Å². The highest BCUT2D eigenvalue weighted by molar-refractivity contribution is 9.10. The molecule has 104 valence electrons. The first-order chi connectivity index (χ1) is 9.51. The summed E-state index contributed by atoms with van der Waals surface area (Å²) in [6.45, 7) is 4.85.